The SMILES string of the molecule is Cc1c(CN2CCN(C(=O)OCC3c4ccccc4-c4ccccc43)CC2)cc([B-](F)(F)F)cc1NC(=O)OC(C)(C)C.[K+]. The van der Waals surface area contributed by atoms with Gasteiger partial charge in [-0.15, -0.1) is 5.46 Å². The molecule has 0 bridgehead atoms. The molecule has 1 aliphatic heterocycles. The molecule has 12 heteroatoms. The van der Waals surface area contributed by atoms with Gasteiger partial charge in [0.2, 0.25) is 0 Å². The van der Waals surface area contributed by atoms with Crippen LogP contribution in [0.4, 0.5) is 28.2 Å². The Labute approximate surface area is 298 Å². The molecule has 7 nitrogen and oxygen atoms in total. The Hall–Kier alpha value is -2.35. The molecule has 1 aliphatic carbocycles. The van der Waals surface area contributed by atoms with Crippen LogP contribution in [0.1, 0.15) is 48.9 Å². The maximum absolute atomic E-state index is 13.8. The summed E-state index contributed by atoms with van der Waals surface area (Å²) in [5.74, 6) is -0.0355. The first-order valence-corrected chi connectivity index (χ1v) is 14.5. The topological polar surface area (TPSA) is 71.1 Å². The van der Waals surface area contributed by atoms with Gasteiger partial charge in [-0.1, -0.05) is 60.7 Å². The second kappa shape index (κ2) is 14.0. The maximum atomic E-state index is 13.8. The molecule has 1 N–H and O–H groups in total. The fraction of sp³-hybridized carbons (Fsp3) is 0.375. The largest absolute Gasteiger partial charge is 1.00 e. The number of nitrogens with one attached hydrogen (secondary N) is 1. The maximum Gasteiger partial charge on any atom is 1.00 e. The number of carbonyl (C=O) groups is 2. The minimum absolute atomic E-state index is 0. The van der Waals surface area contributed by atoms with Crippen LogP contribution < -0.4 is 62.2 Å². The van der Waals surface area contributed by atoms with Crippen molar-refractivity contribution in [3.63, 3.8) is 0 Å². The van der Waals surface area contributed by atoms with Crippen molar-refractivity contribution in [2.45, 2.75) is 45.8 Å². The third kappa shape index (κ3) is 8.07. The van der Waals surface area contributed by atoms with E-state index in [1.807, 2.05) is 29.2 Å². The average Bonchev–Trinajstić information content (AvgIpc) is 3.26. The summed E-state index contributed by atoms with van der Waals surface area (Å²) in [6.45, 7) is 3.64. The molecule has 0 radical (unpaired) electrons. The van der Waals surface area contributed by atoms with Crippen LogP contribution in [-0.4, -0.2) is 67.4 Å². The molecule has 3 aromatic rings. The molecule has 44 heavy (non-hydrogen) atoms. The van der Waals surface area contributed by atoms with E-state index in [0.29, 0.717) is 37.3 Å². The molecule has 1 fully saturated rings. The average molecular weight is 634 g/mol. The summed E-state index contributed by atoms with van der Waals surface area (Å²) in [6.07, 6.45) is -1.21. The fourth-order valence-electron chi connectivity index (χ4n) is 5.71. The minimum Gasteiger partial charge on any atom is -0.448 e. The van der Waals surface area contributed by atoms with Gasteiger partial charge >= 0.3 is 70.5 Å². The van der Waals surface area contributed by atoms with Crippen molar-refractivity contribution in [3.05, 3.63) is 82.9 Å². The molecule has 0 saturated carbocycles. The van der Waals surface area contributed by atoms with Crippen LogP contribution in [0, 0.1) is 6.92 Å². The molecular formula is C32H36BF3KN3O4. The first kappa shape index (κ1) is 34.5. The van der Waals surface area contributed by atoms with Crippen molar-refractivity contribution in [1.82, 2.24) is 9.80 Å². The van der Waals surface area contributed by atoms with Crippen molar-refractivity contribution >= 4 is 30.3 Å². The number of fused-ring (bicyclic) bond motifs is 3. The second-order valence-corrected chi connectivity index (χ2v) is 12.1. The third-order valence-electron chi connectivity index (χ3n) is 7.91. The van der Waals surface area contributed by atoms with Crippen molar-refractivity contribution in [2.24, 2.45) is 0 Å². The Bertz CT molecular complexity index is 1480. The zero-order valence-electron chi connectivity index (χ0n) is 25.8. The molecule has 0 spiro atoms. The molecule has 0 aromatic heterocycles. The van der Waals surface area contributed by atoms with E-state index >= 15 is 0 Å². The van der Waals surface area contributed by atoms with Crippen molar-refractivity contribution in [2.75, 3.05) is 38.1 Å². The second-order valence-electron chi connectivity index (χ2n) is 12.1. The Morgan fingerprint density at radius 2 is 1.50 bits per heavy atom. The number of benzene rings is 3. The van der Waals surface area contributed by atoms with Gasteiger partial charge in [-0.05, 0) is 61.1 Å². The predicted octanol–water partition coefficient (Wildman–Crippen LogP) is 3.47. The summed E-state index contributed by atoms with van der Waals surface area (Å²) >= 11 is 0. The number of hydrogen-bond acceptors (Lipinski definition) is 5. The van der Waals surface area contributed by atoms with Crippen LogP contribution in [0.3, 0.4) is 0 Å². The monoisotopic (exact) mass is 633 g/mol. The molecule has 2 aliphatic rings. The number of hydrogen-bond donors (Lipinski definition) is 1. The Morgan fingerprint density at radius 1 is 0.932 bits per heavy atom. The molecular weight excluding hydrogens is 597 g/mol. The quantitative estimate of drug-likeness (QED) is 0.422. The fourth-order valence-corrected chi connectivity index (χ4v) is 5.71. The van der Waals surface area contributed by atoms with Crippen molar-refractivity contribution in [1.29, 1.82) is 0 Å². The van der Waals surface area contributed by atoms with Crippen LogP contribution in [-0.2, 0) is 16.0 Å². The number of ether oxygens (including phenoxy) is 2. The van der Waals surface area contributed by atoms with Crippen LogP contribution >= 0.6 is 0 Å². The molecule has 0 atom stereocenters. The van der Waals surface area contributed by atoms with E-state index in [1.165, 1.54) is 0 Å². The summed E-state index contributed by atoms with van der Waals surface area (Å²) in [6, 6.07) is 18.4. The van der Waals surface area contributed by atoms with Gasteiger partial charge in [-0.3, -0.25) is 10.2 Å². The van der Waals surface area contributed by atoms with Crippen molar-refractivity contribution < 1.29 is 83.4 Å². The number of rotatable bonds is 6. The molecule has 0 unspecified atom stereocenters. The first-order valence-electron chi connectivity index (χ1n) is 14.5. The van der Waals surface area contributed by atoms with E-state index in [9.17, 15) is 22.5 Å². The van der Waals surface area contributed by atoms with Crippen LogP contribution in [0.15, 0.2) is 60.7 Å². The van der Waals surface area contributed by atoms with Gasteiger partial charge in [0.05, 0.1) is 0 Å². The Kier molecular flexibility index (Phi) is 11.0. The third-order valence-corrected chi connectivity index (χ3v) is 7.91. The van der Waals surface area contributed by atoms with E-state index in [1.54, 1.807) is 32.6 Å². The molecule has 5 rings (SSSR count). The van der Waals surface area contributed by atoms with E-state index in [0.717, 1.165) is 34.4 Å². The number of nitrogens with zero attached hydrogens (tertiary/aromatic N) is 2. The number of piperazine rings is 1. The Balaban J connectivity index is 0.00000442. The standard InChI is InChI=1S/C32H36BF3N3O4.K/c1-21-22(17-23(33(34,35)36)18-29(21)37-30(40)43-32(2,3)4)19-38-13-15-39(16-14-38)31(41)42-20-28-26-11-7-5-9-24(26)25-10-6-8-12-27(25)28;/h5-12,17-18,28H,13-16,19-20H2,1-4H3,(H,37,40);/q-1;+1. The minimum atomic E-state index is -5.29. The van der Waals surface area contributed by atoms with E-state index in [4.69, 9.17) is 9.47 Å². The van der Waals surface area contributed by atoms with E-state index in [-0.39, 0.29) is 76.1 Å². The normalized spacial score (nSPS) is 15.2. The number of amides is 2. The van der Waals surface area contributed by atoms with E-state index < -0.39 is 30.2 Å². The number of anilines is 1. The van der Waals surface area contributed by atoms with Crippen LogP contribution in [0.25, 0.3) is 11.1 Å². The van der Waals surface area contributed by atoms with E-state index in [2.05, 4.69) is 29.6 Å². The smallest absolute Gasteiger partial charge is 0.448 e. The molecule has 1 saturated heterocycles. The van der Waals surface area contributed by atoms with Gasteiger partial charge < -0.3 is 27.3 Å². The molecule has 3 aromatic carbocycles. The van der Waals surface area contributed by atoms with Gasteiger partial charge in [0, 0.05) is 44.3 Å². The summed E-state index contributed by atoms with van der Waals surface area (Å²) in [4.78, 5) is 29.0. The van der Waals surface area contributed by atoms with Crippen LogP contribution in [0.2, 0.25) is 0 Å². The van der Waals surface area contributed by atoms with Crippen molar-refractivity contribution in [3.8, 4) is 11.1 Å². The summed E-state index contributed by atoms with van der Waals surface area (Å²) < 4.78 is 52.4. The first-order chi connectivity index (χ1) is 20.3. The van der Waals surface area contributed by atoms with Gasteiger partial charge in [-0.25, -0.2) is 9.59 Å². The molecule has 1 heterocycles. The molecule has 228 valence electrons. The Morgan fingerprint density at radius 3 is 2.05 bits per heavy atom. The summed E-state index contributed by atoms with van der Waals surface area (Å²) in [5, 5.41) is 2.49. The zero-order valence-corrected chi connectivity index (χ0v) is 29.0. The van der Waals surface area contributed by atoms with Gasteiger partial charge in [0.1, 0.15) is 12.2 Å². The van der Waals surface area contributed by atoms with Gasteiger partial charge in [0.25, 0.3) is 0 Å². The molecule has 2 amide bonds. The zero-order chi connectivity index (χ0) is 30.9. The van der Waals surface area contributed by atoms with Gasteiger partial charge in [-0.2, -0.15) is 0 Å². The van der Waals surface area contributed by atoms with Gasteiger partial charge in [0.15, 0.2) is 0 Å². The summed E-state index contributed by atoms with van der Waals surface area (Å²) in [5.41, 5.74) is 4.07. The summed E-state index contributed by atoms with van der Waals surface area (Å²) in [7, 11) is 0. The van der Waals surface area contributed by atoms with Crippen LogP contribution in [0.5, 0.6) is 0 Å². The predicted molar refractivity (Wildman–Crippen MR) is 162 cm³/mol. The number of carbonyl (C=O) groups excluding carboxylic acids is 2. The number of halogens is 3.